The Morgan fingerprint density at radius 3 is 3.10 bits per heavy atom. The molecule has 3 rings (SSSR count). The predicted molar refractivity (Wildman–Crippen MR) is 83.8 cm³/mol. The van der Waals surface area contributed by atoms with Crippen molar-refractivity contribution in [3.05, 3.63) is 23.8 Å². The number of amides is 2. The molecule has 0 spiro atoms. The predicted octanol–water partition coefficient (Wildman–Crippen LogP) is 1.60. The van der Waals surface area contributed by atoms with Crippen LogP contribution >= 0.6 is 11.8 Å². The van der Waals surface area contributed by atoms with Gasteiger partial charge in [0.25, 0.3) is 5.91 Å². The van der Waals surface area contributed by atoms with Crippen LogP contribution in [0.4, 0.5) is 5.69 Å². The van der Waals surface area contributed by atoms with Gasteiger partial charge < -0.3 is 16.0 Å². The van der Waals surface area contributed by atoms with Gasteiger partial charge in [-0.25, -0.2) is 0 Å². The van der Waals surface area contributed by atoms with E-state index in [2.05, 4.69) is 16.0 Å². The van der Waals surface area contributed by atoms with Gasteiger partial charge >= 0.3 is 0 Å². The average Bonchev–Trinajstić information content (AvgIpc) is 2.68. The van der Waals surface area contributed by atoms with Gasteiger partial charge in [-0.15, -0.1) is 11.8 Å². The summed E-state index contributed by atoms with van der Waals surface area (Å²) in [6.07, 6.45) is 2.60. The Morgan fingerprint density at radius 2 is 2.29 bits per heavy atom. The van der Waals surface area contributed by atoms with Gasteiger partial charge in [-0.05, 0) is 37.6 Å². The first-order valence-corrected chi connectivity index (χ1v) is 8.29. The average molecular weight is 305 g/mol. The van der Waals surface area contributed by atoms with E-state index in [0.717, 1.165) is 42.3 Å². The molecule has 0 unspecified atom stereocenters. The molecule has 5 nitrogen and oxygen atoms in total. The fourth-order valence-electron chi connectivity index (χ4n) is 2.60. The summed E-state index contributed by atoms with van der Waals surface area (Å²) in [4.78, 5) is 24.9. The zero-order chi connectivity index (χ0) is 14.7. The van der Waals surface area contributed by atoms with E-state index in [9.17, 15) is 9.59 Å². The third kappa shape index (κ3) is 3.57. The summed E-state index contributed by atoms with van der Waals surface area (Å²) < 4.78 is 0. The molecule has 0 aliphatic carbocycles. The van der Waals surface area contributed by atoms with Gasteiger partial charge in [0.05, 0.1) is 5.69 Å². The molecule has 0 bridgehead atoms. The Balaban J connectivity index is 1.73. The quantitative estimate of drug-likeness (QED) is 0.776. The Kier molecular flexibility index (Phi) is 4.45. The topological polar surface area (TPSA) is 70.2 Å². The molecule has 0 saturated carbocycles. The molecule has 6 heteroatoms. The van der Waals surface area contributed by atoms with E-state index in [1.165, 1.54) is 0 Å². The number of rotatable bonds is 2. The van der Waals surface area contributed by atoms with Crippen molar-refractivity contribution >= 4 is 29.3 Å². The number of carbonyl (C=O) groups is 2. The number of thioether (sulfide) groups is 1. The fraction of sp³-hybridized carbons (Fsp3) is 0.467. The molecule has 1 fully saturated rings. The summed E-state index contributed by atoms with van der Waals surface area (Å²) in [6, 6.07) is 5.71. The largest absolute Gasteiger partial charge is 0.348 e. The lowest BCUT2D eigenvalue weighted by Gasteiger charge is -2.24. The minimum atomic E-state index is -0.0741. The number of fused-ring (bicyclic) bond motifs is 1. The zero-order valence-corrected chi connectivity index (χ0v) is 12.6. The van der Waals surface area contributed by atoms with Crippen LogP contribution in [0, 0.1) is 0 Å². The number of nitrogens with one attached hydrogen (secondary N) is 3. The van der Waals surface area contributed by atoms with E-state index in [4.69, 9.17) is 0 Å². The Bertz CT molecular complexity index is 556. The van der Waals surface area contributed by atoms with Gasteiger partial charge in [0.1, 0.15) is 0 Å². The minimum Gasteiger partial charge on any atom is -0.348 e. The van der Waals surface area contributed by atoms with E-state index >= 15 is 0 Å². The van der Waals surface area contributed by atoms with E-state index in [1.54, 1.807) is 17.8 Å². The molecule has 2 aliphatic heterocycles. The molecule has 1 atom stereocenters. The van der Waals surface area contributed by atoms with Crippen LogP contribution < -0.4 is 16.0 Å². The van der Waals surface area contributed by atoms with Crippen LogP contribution in [-0.4, -0.2) is 36.7 Å². The van der Waals surface area contributed by atoms with Crippen molar-refractivity contribution in [2.24, 2.45) is 0 Å². The molecule has 2 aliphatic rings. The Labute approximate surface area is 128 Å². The van der Waals surface area contributed by atoms with Crippen LogP contribution in [0.15, 0.2) is 23.1 Å². The molecular weight excluding hydrogens is 286 g/mol. The number of hydrogen-bond donors (Lipinski definition) is 3. The van der Waals surface area contributed by atoms with E-state index in [1.807, 2.05) is 12.1 Å². The molecule has 0 aromatic heterocycles. The number of carbonyl (C=O) groups excluding carboxylic acids is 2. The van der Waals surface area contributed by atoms with Crippen LogP contribution in [0.5, 0.6) is 0 Å². The normalized spacial score (nSPS) is 21.9. The van der Waals surface area contributed by atoms with Gasteiger partial charge in [-0.3, -0.25) is 9.59 Å². The molecule has 1 aromatic carbocycles. The van der Waals surface area contributed by atoms with Crippen molar-refractivity contribution in [1.29, 1.82) is 0 Å². The molecule has 21 heavy (non-hydrogen) atoms. The van der Waals surface area contributed by atoms with Gasteiger partial charge in [0.15, 0.2) is 0 Å². The lowest BCUT2D eigenvalue weighted by atomic mass is 10.1. The van der Waals surface area contributed by atoms with E-state index in [0.29, 0.717) is 12.0 Å². The molecule has 0 radical (unpaired) electrons. The maximum Gasteiger partial charge on any atom is 0.251 e. The molecule has 2 amide bonds. The van der Waals surface area contributed by atoms with E-state index in [-0.39, 0.29) is 17.9 Å². The van der Waals surface area contributed by atoms with Crippen LogP contribution in [0.25, 0.3) is 0 Å². The molecule has 1 saturated heterocycles. The number of piperidine rings is 1. The molecule has 112 valence electrons. The second-order valence-corrected chi connectivity index (χ2v) is 6.51. The maximum absolute atomic E-state index is 12.3. The lowest BCUT2D eigenvalue weighted by Crippen LogP contribution is -2.45. The summed E-state index contributed by atoms with van der Waals surface area (Å²) >= 11 is 1.64. The monoisotopic (exact) mass is 305 g/mol. The van der Waals surface area contributed by atoms with Gasteiger partial charge in [0.2, 0.25) is 5.91 Å². The fourth-order valence-corrected chi connectivity index (χ4v) is 3.54. The Morgan fingerprint density at radius 1 is 1.38 bits per heavy atom. The third-order valence-corrected chi connectivity index (χ3v) is 4.81. The van der Waals surface area contributed by atoms with Crippen molar-refractivity contribution in [3.63, 3.8) is 0 Å². The smallest absolute Gasteiger partial charge is 0.251 e. The first-order valence-electron chi connectivity index (χ1n) is 7.30. The SMILES string of the molecule is O=C1CCSc2ccc(C(=O)N[C@H]3CCCNC3)cc2N1. The van der Waals surface area contributed by atoms with Gasteiger partial charge in [-0.1, -0.05) is 0 Å². The molecule has 2 heterocycles. The highest BCUT2D eigenvalue weighted by Gasteiger charge is 2.19. The van der Waals surface area contributed by atoms with Crippen molar-refractivity contribution in [2.45, 2.75) is 30.2 Å². The number of hydrogen-bond acceptors (Lipinski definition) is 4. The third-order valence-electron chi connectivity index (χ3n) is 3.73. The highest BCUT2D eigenvalue weighted by atomic mass is 32.2. The van der Waals surface area contributed by atoms with Crippen molar-refractivity contribution in [2.75, 3.05) is 24.2 Å². The summed E-state index contributed by atoms with van der Waals surface area (Å²) in [5.74, 6) is 0.711. The maximum atomic E-state index is 12.3. The summed E-state index contributed by atoms with van der Waals surface area (Å²) in [6.45, 7) is 1.84. The summed E-state index contributed by atoms with van der Waals surface area (Å²) in [5, 5.41) is 9.20. The second kappa shape index (κ2) is 6.49. The first kappa shape index (κ1) is 14.4. The molecular formula is C15H19N3O2S. The van der Waals surface area contributed by atoms with Gasteiger partial charge in [0, 0.05) is 35.2 Å². The summed E-state index contributed by atoms with van der Waals surface area (Å²) in [7, 11) is 0. The van der Waals surface area contributed by atoms with Gasteiger partial charge in [-0.2, -0.15) is 0 Å². The minimum absolute atomic E-state index is 0.00953. The van der Waals surface area contributed by atoms with Crippen molar-refractivity contribution < 1.29 is 9.59 Å². The zero-order valence-electron chi connectivity index (χ0n) is 11.8. The highest BCUT2D eigenvalue weighted by Crippen LogP contribution is 2.31. The van der Waals surface area contributed by atoms with Crippen molar-refractivity contribution in [1.82, 2.24) is 10.6 Å². The van der Waals surface area contributed by atoms with Crippen LogP contribution in [-0.2, 0) is 4.79 Å². The van der Waals surface area contributed by atoms with Crippen LogP contribution in [0.2, 0.25) is 0 Å². The number of benzene rings is 1. The molecule has 1 aromatic rings. The first-order chi connectivity index (χ1) is 10.2. The lowest BCUT2D eigenvalue weighted by molar-refractivity contribution is -0.115. The standard InChI is InChI=1S/C15H19N3O2S/c19-14-5-7-21-13-4-3-10(8-12(13)18-14)15(20)17-11-2-1-6-16-9-11/h3-4,8,11,16H,1-2,5-7,9H2,(H,17,20)(H,18,19)/t11-/m0/s1. The molecule has 3 N–H and O–H groups in total. The van der Waals surface area contributed by atoms with Crippen molar-refractivity contribution in [3.8, 4) is 0 Å². The van der Waals surface area contributed by atoms with Crippen LogP contribution in [0.1, 0.15) is 29.6 Å². The van der Waals surface area contributed by atoms with Crippen LogP contribution in [0.3, 0.4) is 0 Å². The van der Waals surface area contributed by atoms with E-state index < -0.39 is 0 Å². The number of anilines is 1. The Hall–Kier alpha value is -1.53. The highest BCUT2D eigenvalue weighted by molar-refractivity contribution is 7.99. The second-order valence-electron chi connectivity index (χ2n) is 5.37. The summed E-state index contributed by atoms with van der Waals surface area (Å²) in [5.41, 5.74) is 1.35.